The first-order valence-electron chi connectivity index (χ1n) is 5.79. The van der Waals surface area contributed by atoms with Crippen LogP contribution in [0.15, 0.2) is 4.78 Å². The molecule has 0 aromatic heterocycles. The summed E-state index contributed by atoms with van der Waals surface area (Å²) in [6.07, 6.45) is 0. The van der Waals surface area contributed by atoms with Crippen LogP contribution >= 0.6 is 0 Å². The lowest BCUT2D eigenvalue weighted by Crippen LogP contribution is -2.57. The van der Waals surface area contributed by atoms with Gasteiger partial charge < -0.3 is 0 Å². The van der Waals surface area contributed by atoms with Gasteiger partial charge in [0.05, 0.1) is 0 Å². The third kappa shape index (κ3) is 4.98. The average molecular weight is 307 g/mol. The fraction of sp³-hybridized carbons (Fsp3) is 1.00. The van der Waals surface area contributed by atoms with Gasteiger partial charge in [0.1, 0.15) is 8.48 Å². The van der Waals surface area contributed by atoms with Gasteiger partial charge in [-0.1, -0.05) is 26.2 Å². The van der Waals surface area contributed by atoms with Gasteiger partial charge in [-0.2, -0.15) is 6.55 Å². The van der Waals surface area contributed by atoms with E-state index in [4.69, 9.17) is 5.53 Å². The van der Waals surface area contributed by atoms with Crippen LogP contribution in [0.2, 0.25) is 39.3 Å². The van der Waals surface area contributed by atoms with Crippen molar-refractivity contribution in [2.45, 2.75) is 39.3 Å². The van der Waals surface area contributed by atoms with E-state index in [1.807, 2.05) is 0 Å². The average Bonchev–Trinajstić information content (AvgIpc) is 2.25. The van der Waals surface area contributed by atoms with E-state index in [0.717, 1.165) is 9.04 Å². The van der Waals surface area contributed by atoms with Gasteiger partial charge in [0.2, 0.25) is 0 Å². The largest absolute Gasteiger partial charge is 0.285 e. The second-order valence-corrected chi connectivity index (χ2v) is 53.3. The van der Waals surface area contributed by atoms with Crippen molar-refractivity contribution in [1.82, 2.24) is 0 Å². The van der Waals surface area contributed by atoms with Crippen molar-refractivity contribution in [2.24, 2.45) is 4.78 Å². The molecule has 0 aliphatic rings. The molecule has 88 valence electrons. The van der Waals surface area contributed by atoms with Crippen molar-refractivity contribution in [3.63, 3.8) is 0 Å². The van der Waals surface area contributed by atoms with Crippen molar-refractivity contribution in [3.8, 4) is 0 Å². The van der Waals surface area contributed by atoms with E-state index >= 15 is 0 Å². The summed E-state index contributed by atoms with van der Waals surface area (Å²) in [5.41, 5.74) is 8.52. The number of azide groups is 1. The molecule has 0 aromatic carbocycles. The fourth-order valence-electron chi connectivity index (χ4n) is 1.89. The smallest absolute Gasteiger partial charge is 0.123 e. The van der Waals surface area contributed by atoms with E-state index in [-0.39, 0.29) is 15.7 Å². The molecular weight excluding hydrogens is 283 g/mol. The molecule has 9 heteroatoms. The molecule has 0 aliphatic carbocycles. The van der Waals surface area contributed by atoms with Crippen molar-refractivity contribution in [2.75, 3.05) is 0 Å². The molecule has 0 radical (unpaired) electrons. The molecule has 0 N–H and O–H groups in total. The summed E-state index contributed by atoms with van der Waals surface area (Å²) in [6.45, 7) is 15.1. The van der Waals surface area contributed by atoms with E-state index in [1.165, 1.54) is 0 Å². The Labute approximate surface area is 103 Å². The first-order chi connectivity index (χ1) is 6.95. The highest BCUT2D eigenvalue weighted by Gasteiger charge is 2.27. The summed E-state index contributed by atoms with van der Waals surface area (Å²) in [5.74, 6) is 0. The Morgan fingerprint density at radius 2 is 1.53 bits per heavy atom. The van der Waals surface area contributed by atoms with Crippen LogP contribution in [-0.4, -0.2) is 48.8 Å². The highest BCUT2D eigenvalue weighted by Crippen LogP contribution is 2.04. The van der Waals surface area contributed by atoms with Crippen LogP contribution in [0.1, 0.15) is 0 Å². The summed E-state index contributed by atoms with van der Waals surface area (Å²) in [6, 6.07) is 0. The molecule has 0 saturated carbocycles. The lowest BCUT2D eigenvalue weighted by Gasteiger charge is -2.32. The van der Waals surface area contributed by atoms with E-state index in [9.17, 15) is 0 Å². The van der Waals surface area contributed by atoms with E-state index in [0.29, 0.717) is 0 Å². The Morgan fingerprint density at radius 1 is 1.00 bits per heavy atom. The Kier molecular flexibility index (Phi) is 8.13. The number of hydrogen-bond acceptors (Lipinski definition) is 1. The zero-order valence-corrected chi connectivity index (χ0v) is 17.7. The van der Waals surface area contributed by atoms with Gasteiger partial charge in [-0.25, -0.2) is 0 Å². The third-order valence-corrected chi connectivity index (χ3v) is 88.3. The van der Waals surface area contributed by atoms with Crippen molar-refractivity contribution < 1.29 is 0 Å². The van der Waals surface area contributed by atoms with Gasteiger partial charge in [0, 0.05) is 15.7 Å². The van der Waals surface area contributed by atoms with Gasteiger partial charge in [-0.05, 0) is 18.3 Å². The maximum Gasteiger partial charge on any atom is 0.123 e. The highest BCUT2D eigenvalue weighted by molar-refractivity contribution is 7.77. The second kappa shape index (κ2) is 7.82. The van der Waals surface area contributed by atoms with Gasteiger partial charge in [-0.3, -0.25) is 9.04 Å². The summed E-state index contributed by atoms with van der Waals surface area (Å²) in [5, 5.41) is 0. The molecular formula is C6H24N3Si6-. The number of nitrogens with zero attached hydrogens (tertiary/aromatic N) is 3. The second-order valence-electron chi connectivity index (χ2n) is 4.72. The highest BCUT2D eigenvalue weighted by atomic mass is 30.0. The van der Waals surface area contributed by atoms with E-state index in [2.05, 4.69) is 49.0 Å². The van der Waals surface area contributed by atoms with Gasteiger partial charge in [0.15, 0.2) is 0 Å². The zero-order chi connectivity index (χ0) is 12.0. The minimum absolute atomic E-state index is 0.245. The molecule has 0 fully saturated rings. The van der Waals surface area contributed by atoms with Gasteiger partial charge >= 0.3 is 0 Å². The quantitative estimate of drug-likeness (QED) is 0.295. The topological polar surface area (TPSA) is 48.8 Å². The van der Waals surface area contributed by atoms with Crippen LogP contribution < -0.4 is 0 Å². The molecule has 3 nitrogen and oxygen atoms in total. The van der Waals surface area contributed by atoms with Crippen LogP contribution in [0.3, 0.4) is 0 Å². The summed E-state index contributed by atoms with van der Waals surface area (Å²) >= 11 is 0. The number of rotatable bonds is 6. The number of hydrogen-bond donors (Lipinski definition) is 0. The van der Waals surface area contributed by atoms with Crippen LogP contribution in [0.5, 0.6) is 0 Å². The predicted octanol–water partition coefficient (Wildman–Crippen LogP) is 0.373. The van der Waals surface area contributed by atoms with Crippen LogP contribution in [-0.2, 0) is 0 Å². The Bertz CT molecular complexity index is 233. The van der Waals surface area contributed by atoms with Crippen LogP contribution in [0.25, 0.3) is 10.4 Å². The lowest BCUT2D eigenvalue weighted by molar-refractivity contribution is 1.69. The summed E-state index contributed by atoms with van der Waals surface area (Å²) in [4.78, 5) is 3.04. The first-order valence-corrected chi connectivity index (χ1v) is 26.6. The zero-order valence-electron chi connectivity index (χ0n) is 10.8. The third-order valence-electron chi connectivity index (χ3n) is 4.01. The maximum atomic E-state index is 8.52. The van der Waals surface area contributed by atoms with Crippen molar-refractivity contribution in [1.29, 1.82) is 0 Å². The van der Waals surface area contributed by atoms with Crippen molar-refractivity contribution >= 4 is 48.8 Å². The molecule has 5 atom stereocenters. The molecule has 0 saturated heterocycles. The van der Waals surface area contributed by atoms with Gasteiger partial charge in [0.25, 0.3) is 0 Å². The summed E-state index contributed by atoms with van der Waals surface area (Å²) < 4.78 is 4.07. The van der Waals surface area contributed by atoms with Crippen molar-refractivity contribution in [3.05, 3.63) is 10.4 Å². The Hall–Kier alpha value is 0.611. The predicted molar refractivity (Wildman–Crippen MR) is 87.2 cm³/mol. The van der Waals surface area contributed by atoms with E-state index < -0.39 is 24.1 Å². The fourth-order valence-corrected chi connectivity index (χ4v) is 114. The molecule has 0 spiro atoms. The lowest BCUT2D eigenvalue weighted by atomic mass is 11.9. The molecule has 0 bridgehead atoms. The van der Waals surface area contributed by atoms with Crippen LogP contribution in [0.4, 0.5) is 0 Å². The van der Waals surface area contributed by atoms with Gasteiger partial charge in [-0.15, -0.1) is 19.2 Å². The van der Waals surface area contributed by atoms with Crippen LogP contribution in [0, 0.1) is 0 Å². The molecule has 15 heavy (non-hydrogen) atoms. The molecule has 5 unspecified atom stereocenters. The maximum absolute atomic E-state index is 8.52. The monoisotopic (exact) mass is 306 g/mol. The minimum Gasteiger partial charge on any atom is -0.285 e. The Balaban J connectivity index is 4.41. The molecule has 0 aliphatic heterocycles. The molecule has 0 aromatic rings. The minimum atomic E-state index is -0.987. The standard InChI is InChI=1S/C6H24N3Si6/c1-10-12(3)14(5)15(6)13(4)11(2)9-8-7/h10-15H,1-6H3/q-1. The first kappa shape index (κ1) is 15.6. The summed E-state index contributed by atoms with van der Waals surface area (Å²) in [7, 11) is -1.69. The molecule has 0 amide bonds. The Morgan fingerprint density at radius 3 is 1.93 bits per heavy atom. The van der Waals surface area contributed by atoms with E-state index in [1.54, 1.807) is 0 Å². The SMILES string of the molecule is C[SiH-][SiH](C)[SiH](C)[SiH](C)[SiH](C)[SiH](C)N=[N+]=[N-]. The molecule has 0 heterocycles. The normalized spacial score (nSPS) is 20.9. The molecule has 0 rings (SSSR count).